The van der Waals surface area contributed by atoms with Crippen LogP contribution in [0.4, 0.5) is 0 Å². The van der Waals surface area contributed by atoms with Crippen molar-refractivity contribution in [1.82, 2.24) is 0 Å². The van der Waals surface area contributed by atoms with Gasteiger partial charge in [-0.3, -0.25) is 0 Å². The van der Waals surface area contributed by atoms with E-state index in [0.717, 1.165) is 21.2 Å². The van der Waals surface area contributed by atoms with Gasteiger partial charge in [-0.2, -0.15) is 0 Å². The molecule has 0 aliphatic carbocycles. The molecule has 0 radical (unpaired) electrons. The van der Waals surface area contributed by atoms with Gasteiger partial charge in [0.1, 0.15) is 0 Å². The molecule has 0 heterocycles. The minimum atomic E-state index is -0.495. The van der Waals surface area contributed by atoms with Crippen LogP contribution in [0.5, 0.6) is 0 Å². The van der Waals surface area contributed by atoms with Crippen molar-refractivity contribution in [3.05, 3.63) is 40.4 Å². The monoisotopic (exact) mass is 269 g/mol. The Bertz CT molecular complexity index is 363. The van der Waals surface area contributed by atoms with Gasteiger partial charge in [0.25, 0.3) is 0 Å². The number of halogens is 1. The van der Waals surface area contributed by atoms with E-state index in [1.807, 2.05) is 25.1 Å². The summed E-state index contributed by atoms with van der Waals surface area (Å²) in [7, 11) is 0. The van der Waals surface area contributed by atoms with Crippen LogP contribution in [0.3, 0.4) is 0 Å². The molecule has 0 aromatic heterocycles. The number of nitrogens with two attached hydrogens (primary N) is 1. The topological polar surface area (TPSA) is 46.2 Å². The number of aliphatic hydroxyl groups excluding tert-OH is 1. The molecule has 1 rings (SSSR count). The summed E-state index contributed by atoms with van der Waals surface area (Å²) in [4.78, 5) is 0. The minimum absolute atomic E-state index is 0.482. The Morgan fingerprint density at radius 3 is 2.73 bits per heavy atom. The van der Waals surface area contributed by atoms with Gasteiger partial charge in [0.15, 0.2) is 0 Å². The van der Waals surface area contributed by atoms with E-state index in [2.05, 4.69) is 22.5 Å². The van der Waals surface area contributed by atoms with Gasteiger partial charge in [-0.25, -0.2) is 0 Å². The summed E-state index contributed by atoms with van der Waals surface area (Å²) in [5, 5.41) is 9.82. The normalized spacial score (nSPS) is 12.5. The summed E-state index contributed by atoms with van der Waals surface area (Å²) in [6.07, 6.45) is 0.0807. The first-order valence-electron chi connectivity index (χ1n) is 4.89. The highest BCUT2D eigenvalue weighted by Gasteiger charge is 2.08. The third kappa shape index (κ3) is 3.45. The maximum absolute atomic E-state index is 9.82. The molecule has 0 aliphatic heterocycles. The lowest BCUT2D eigenvalue weighted by atomic mass is 10.0. The van der Waals surface area contributed by atoms with Crippen molar-refractivity contribution >= 4 is 21.5 Å². The fourth-order valence-corrected chi connectivity index (χ4v) is 1.89. The van der Waals surface area contributed by atoms with Crippen LogP contribution in [0, 0.1) is 0 Å². The minimum Gasteiger partial charge on any atom is -0.388 e. The Labute approximate surface area is 98.9 Å². The second-order valence-corrected chi connectivity index (χ2v) is 4.56. The van der Waals surface area contributed by atoms with E-state index in [1.54, 1.807) is 0 Å². The molecule has 1 aromatic rings. The largest absolute Gasteiger partial charge is 0.388 e. The van der Waals surface area contributed by atoms with E-state index >= 15 is 0 Å². The number of aliphatic hydroxyl groups is 1. The van der Waals surface area contributed by atoms with Crippen LogP contribution >= 0.6 is 15.9 Å². The van der Waals surface area contributed by atoms with Gasteiger partial charge in [0.2, 0.25) is 0 Å². The van der Waals surface area contributed by atoms with Crippen molar-refractivity contribution in [3.63, 3.8) is 0 Å². The van der Waals surface area contributed by atoms with Crippen LogP contribution in [-0.2, 0) is 0 Å². The molecule has 0 amide bonds. The smallest absolute Gasteiger partial charge is 0.0802 e. The standard InChI is InChI=1S/C12H16BrNO/c1-8(2)9-5-10(7-11(13)6-9)12(15)3-4-14/h5-7,12,15H,1,3-4,14H2,2H3. The number of rotatable bonds is 4. The van der Waals surface area contributed by atoms with Gasteiger partial charge < -0.3 is 10.8 Å². The second-order valence-electron chi connectivity index (χ2n) is 3.65. The molecule has 0 spiro atoms. The summed E-state index contributed by atoms with van der Waals surface area (Å²) in [5.41, 5.74) is 8.32. The fraction of sp³-hybridized carbons (Fsp3) is 0.333. The molecule has 0 fully saturated rings. The summed E-state index contributed by atoms with van der Waals surface area (Å²) in [5.74, 6) is 0. The predicted molar refractivity (Wildman–Crippen MR) is 67.5 cm³/mol. The van der Waals surface area contributed by atoms with E-state index in [-0.39, 0.29) is 0 Å². The summed E-state index contributed by atoms with van der Waals surface area (Å²) in [6, 6.07) is 5.85. The van der Waals surface area contributed by atoms with Crippen LogP contribution in [-0.4, -0.2) is 11.7 Å². The lowest BCUT2D eigenvalue weighted by Crippen LogP contribution is -2.06. The summed E-state index contributed by atoms with van der Waals surface area (Å²) < 4.78 is 0.953. The molecule has 3 N–H and O–H groups in total. The van der Waals surface area contributed by atoms with Crippen molar-refractivity contribution in [2.45, 2.75) is 19.4 Å². The van der Waals surface area contributed by atoms with E-state index in [4.69, 9.17) is 5.73 Å². The van der Waals surface area contributed by atoms with Crippen molar-refractivity contribution in [2.24, 2.45) is 5.73 Å². The van der Waals surface area contributed by atoms with E-state index in [0.29, 0.717) is 13.0 Å². The average molecular weight is 270 g/mol. The lowest BCUT2D eigenvalue weighted by Gasteiger charge is -2.12. The van der Waals surface area contributed by atoms with Crippen LogP contribution in [0.2, 0.25) is 0 Å². The predicted octanol–water partition coefficient (Wildman–Crippen LogP) is 2.86. The summed E-state index contributed by atoms with van der Waals surface area (Å²) >= 11 is 3.42. The SMILES string of the molecule is C=C(C)c1cc(Br)cc(C(O)CCN)c1. The molecular weight excluding hydrogens is 254 g/mol. The number of allylic oxidation sites excluding steroid dienone is 1. The van der Waals surface area contributed by atoms with Gasteiger partial charge in [0.05, 0.1) is 6.10 Å². The number of benzene rings is 1. The molecule has 0 saturated carbocycles. The van der Waals surface area contributed by atoms with Crippen molar-refractivity contribution < 1.29 is 5.11 Å². The third-order valence-corrected chi connectivity index (χ3v) is 2.70. The molecule has 1 unspecified atom stereocenters. The molecule has 15 heavy (non-hydrogen) atoms. The Hall–Kier alpha value is -0.640. The zero-order valence-corrected chi connectivity index (χ0v) is 10.4. The number of hydrogen-bond acceptors (Lipinski definition) is 2. The zero-order chi connectivity index (χ0) is 11.4. The molecular formula is C12H16BrNO. The first-order chi connectivity index (χ1) is 7.04. The first kappa shape index (κ1) is 12.4. The van der Waals surface area contributed by atoms with Crippen LogP contribution in [0.25, 0.3) is 5.57 Å². The lowest BCUT2D eigenvalue weighted by molar-refractivity contribution is 0.170. The van der Waals surface area contributed by atoms with Gasteiger partial charge >= 0.3 is 0 Å². The molecule has 1 atom stereocenters. The highest BCUT2D eigenvalue weighted by atomic mass is 79.9. The van der Waals surface area contributed by atoms with Gasteiger partial charge in [0, 0.05) is 4.47 Å². The van der Waals surface area contributed by atoms with Crippen molar-refractivity contribution in [1.29, 1.82) is 0 Å². The number of hydrogen-bond donors (Lipinski definition) is 2. The van der Waals surface area contributed by atoms with Crippen molar-refractivity contribution in [2.75, 3.05) is 6.54 Å². The highest BCUT2D eigenvalue weighted by molar-refractivity contribution is 9.10. The Morgan fingerprint density at radius 2 is 2.20 bits per heavy atom. The first-order valence-corrected chi connectivity index (χ1v) is 5.68. The third-order valence-electron chi connectivity index (χ3n) is 2.24. The summed E-state index contributed by atoms with van der Waals surface area (Å²) in [6.45, 7) is 6.31. The van der Waals surface area contributed by atoms with Crippen LogP contribution < -0.4 is 5.73 Å². The van der Waals surface area contributed by atoms with E-state index < -0.39 is 6.10 Å². The van der Waals surface area contributed by atoms with Gasteiger partial charge in [-0.15, -0.1) is 0 Å². The van der Waals surface area contributed by atoms with Gasteiger partial charge in [-0.1, -0.05) is 28.1 Å². The molecule has 82 valence electrons. The van der Waals surface area contributed by atoms with Crippen LogP contribution in [0.1, 0.15) is 30.6 Å². The Kier molecular flexibility index (Phi) is 4.51. The Morgan fingerprint density at radius 1 is 1.53 bits per heavy atom. The quantitative estimate of drug-likeness (QED) is 0.883. The molecule has 2 nitrogen and oxygen atoms in total. The molecule has 1 aromatic carbocycles. The average Bonchev–Trinajstić information content (AvgIpc) is 2.17. The fourth-order valence-electron chi connectivity index (χ4n) is 1.38. The molecule has 0 bridgehead atoms. The Balaban J connectivity index is 3.03. The molecule has 3 heteroatoms. The zero-order valence-electron chi connectivity index (χ0n) is 8.83. The van der Waals surface area contributed by atoms with E-state index in [9.17, 15) is 5.11 Å². The van der Waals surface area contributed by atoms with Crippen molar-refractivity contribution in [3.8, 4) is 0 Å². The molecule has 0 aliphatic rings. The highest BCUT2D eigenvalue weighted by Crippen LogP contribution is 2.25. The van der Waals surface area contributed by atoms with Gasteiger partial charge in [-0.05, 0) is 49.2 Å². The molecule has 0 saturated heterocycles. The maximum atomic E-state index is 9.82. The van der Waals surface area contributed by atoms with E-state index in [1.165, 1.54) is 0 Å². The van der Waals surface area contributed by atoms with Crippen LogP contribution in [0.15, 0.2) is 29.3 Å². The second kappa shape index (κ2) is 5.45. The maximum Gasteiger partial charge on any atom is 0.0802 e.